The summed E-state index contributed by atoms with van der Waals surface area (Å²) in [5, 5.41) is 0. The smallest absolute Gasteiger partial charge is 0.303 e. The summed E-state index contributed by atoms with van der Waals surface area (Å²) in [5.41, 5.74) is 2.27. The van der Waals surface area contributed by atoms with Gasteiger partial charge >= 0.3 is 5.97 Å². The second-order valence-electron chi connectivity index (χ2n) is 8.03. The van der Waals surface area contributed by atoms with Gasteiger partial charge in [0.2, 0.25) is 5.91 Å². The van der Waals surface area contributed by atoms with Gasteiger partial charge in [-0.1, -0.05) is 91.0 Å². The van der Waals surface area contributed by atoms with Crippen molar-refractivity contribution >= 4 is 11.9 Å². The zero-order chi connectivity index (χ0) is 21.7. The zero-order valence-corrected chi connectivity index (χ0v) is 17.7. The Kier molecular flexibility index (Phi) is 6.17. The number of amides is 1. The molecule has 4 heteroatoms. The average Bonchev–Trinajstić information content (AvgIpc) is 2.81. The molecule has 3 aromatic rings. The highest BCUT2D eigenvalue weighted by Crippen LogP contribution is 2.38. The normalized spacial score (nSPS) is 15.5. The van der Waals surface area contributed by atoms with Gasteiger partial charge in [-0.2, -0.15) is 0 Å². The third-order valence-corrected chi connectivity index (χ3v) is 6.03. The third kappa shape index (κ3) is 4.53. The fraction of sp³-hybridized carbons (Fsp3) is 0.259. The third-order valence-electron chi connectivity index (χ3n) is 6.03. The highest BCUT2D eigenvalue weighted by molar-refractivity contribution is 5.87. The highest BCUT2D eigenvalue weighted by atomic mass is 16.6. The van der Waals surface area contributed by atoms with E-state index in [0.717, 1.165) is 16.7 Å². The summed E-state index contributed by atoms with van der Waals surface area (Å²) in [6, 6.07) is 29.7. The molecule has 1 amide bonds. The fourth-order valence-corrected chi connectivity index (χ4v) is 4.51. The summed E-state index contributed by atoms with van der Waals surface area (Å²) in [6.45, 7) is 2.53. The molecule has 0 saturated carbocycles. The van der Waals surface area contributed by atoms with Gasteiger partial charge in [0.1, 0.15) is 5.60 Å². The van der Waals surface area contributed by atoms with E-state index in [2.05, 4.69) is 0 Å². The van der Waals surface area contributed by atoms with E-state index < -0.39 is 5.60 Å². The Hall–Kier alpha value is -3.40. The summed E-state index contributed by atoms with van der Waals surface area (Å²) >= 11 is 0. The van der Waals surface area contributed by atoms with Crippen molar-refractivity contribution < 1.29 is 14.3 Å². The first-order valence-corrected chi connectivity index (χ1v) is 10.7. The van der Waals surface area contributed by atoms with E-state index in [0.29, 0.717) is 25.9 Å². The van der Waals surface area contributed by atoms with E-state index in [1.807, 2.05) is 95.9 Å². The Bertz CT molecular complexity index is 971. The van der Waals surface area contributed by atoms with Gasteiger partial charge in [-0.25, -0.2) is 0 Å². The molecule has 0 spiro atoms. The van der Waals surface area contributed by atoms with Crippen LogP contribution in [0.3, 0.4) is 0 Å². The molecule has 158 valence electrons. The minimum absolute atomic E-state index is 0.0851. The molecule has 1 saturated heterocycles. The first-order chi connectivity index (χ1) is 15.1. The molecule has 31 heavy (non-hydrogen) atoms. The molecule has 0 bridgehead atoms. The quantitative estimate of drug-likeness (QED) is 0.559. The SMILES string of the molecule is CC(=O)OC1(c2ccccc2)CCN(C(=O)C(c2ccccc2)c2ccccc2)CC1. The lowest BCUT2D eigenvalue weighted by molar-refractivity contribution is -0.165. The van der Waals surface area contributed by atoms with Crippen molar-refractivity contribution in [3.8, 4) is 0 Å². The fourth-order valence-electron chi connectivity index (χ4n) is 4.51. The van der Waals surface area contributed by atoms with Crippen molar-refractivity contribution in [3.05, 3.63) is 108 Å². The van der Waals surface area contributed by atoms with Crippen molar-refractivity contribution in [1.82, 2.24) is 4.90 Å². The molecule has 0 N–H and O–H groups in total. The van der Waals surface area contributed by atoms with Gasteiger partial charge in [0.05, 0.1) is 5.92 Å². The summed E-state index contributed by atoms with van der Waals surface area (Å²) in [6.07, 6.45) is 1.16. The first-order valence-electron chi connectivity index (χ1n) is 10.7. The average molecular weight is 414 g/mol. The monoisotopic (exact) mass is 413 g/mol. The van der Waals surface area contributed by atoms with Gasteiger partial charge in [0.25, 0.3) is 0 Å². The number of rotatable bonds is 5. The molecule has 0 atom stereocenters. The van der Waals surface area contributed by atoms with Crippen LogP contribution in [0.1, 0.15) is 42.4 Å². The van der Waals surface area contributed by atoms with Crippen molar-refractivity contribution in [2.45, 2.75) is 31.3 Å². The van der Waals surface area contributed by atoms with E-state index in [-0.39, 0.29) is 17.8 Å². The van der Waals surface area contributed by atoms with Crippen LogP contribution < -0.4 is 0 Å². The lowest BCUT2D eigenvalue weighted by atomic mass is 9.83. The van der Waals surface area contributed by atoms with E-state index >= 15 is 0 Å². The van der Waals surface area contributed by atoms with Crippen LogP contribution >= 0.6 is 0 Å². The van der Waals surface area contributed by atoms with Crippen LogP contribution in [0.15, 0.2) is 91.0 Å². The Balaban J connectivity index is 1.59. The maximum Gasteiger partial charge on any atom is 0.303 e. The molecule has 1 heterocycles. The van der Waals surface area contributed by atoms with Crippen LogP contribution in [0, 0.1) is 0 Å². The number of esters is 1. The van der Waals surface area contributed by atoms with Gasteiger partial charge in [0, 0.05) is 32.9 Å². The second-order valence-corrected chi connectivity index (χ2v) is 8.03. The predicted molar refractivity (Wildman–Crippen MR) is 120 cm³/mol. The van der Waals surface area contributed by atoms with Gasteiger partial charge in [0.15, 0.2) is 0 Å². The Labute approximate surface area is 183 Å². The zero-order valence-electron chi connectivity index (χ0n) is 17.7. The van der Waals surface area contributed by atoms with E-state index in [1.54, 1.807) is 0 Å². The molecule has 0 unspecified atom stereocenters. The van der Waals surface area contributed by atoms with Crippen LogP contribution in [0.4, 0.5) is 0 Å². The van der Waals surface area contributed by atoms with Crippen molar-refractivity contribution in [2.75, 3.05) is 13.1 Å². The molecular formula is C27H27NO3. The van der Waals surface area contributed by atoms with E-state index in [9.17, 15) is 9.59 Å². The van der Waals surface area contributed by atoms with Gasteiger partial charge < -0.3 is 9.64 Å². The Morgan fingerprint density at radius 3 is 1.68 bits per heavy atom. The van der Waals surface area contributed by atoms with Crippen LogP contribution in [-0.4, -0.2) is 29.9 Å². The molecule has 3 aromatic carbocycles. The first kappa shape index (κ1) is 20.9. The molecule has 0 aromatic heterocycles. The summed E-state index contributed by atoms with van der Waals surface area (Å²) in [4.78, 5) is 27.5. The minimum Gasteiger partial charge on any atom is -0.454 e. The lowest BCUT2D eigenvalue weighted by Gasteiger charge is -2.42. The maximum atomic E-state index is 13.7. The number of ether oxygens (including phenoxy) is 1. The van der Waals surface area contributed by atoms with Gasteiger partial charge in [-0.05, 0) is 16.7 Å². The van der Waals surface area contributed by atoms with Gasteiger partial charge in [-0.3, -0.25) is 9.59 Å². The highest BCUT2D eigenvalue weighted by Gasteiger charge is 2.41. The molecule has 1 aliphatic rings. The Morgan fingerprint density at radius 2 is 1.23 bits per heavy atom. The van der Waals surface area contributed by atoms with Crippen molar-refractivity contribution in [1.29, 1.82) is 0 Å². The predicted octanol–water partition coefficient (Wildman–Crippen LogP) is 4.90. The van der Waals surface area contributed by atoms with Crippen molar-refractivity contribution in [3.63, 3.8) is 0 Å². The number of benzene rings is 3. The maximum absolute atomic E-state index is 13.7. The molecule has 1 fully saturated rings. The van der Waals surface area contributed by atoms with E-state index in [4.69, 9.17) is 4.74 Å². The molecule has 0 radical (unpaired) electrons. The number of carbonyl (C=O) groups excluding carboxylic acids is 2. The number of nitrogens with zero attached hydrogens (tertiary/aromatic N) is 1. The molecule has 1 aliphatic heterocycles. The lowest BCUT2D eigenvalue weighted by Crippen LogP contribution is -2.48. The summed E-state index contributed by atoms with van der Waals surface area (Å²) < 4.78 is 5.85. The van der Waals surface area contributed by atoms with Crippen molar-refractivity contribution in [2.24, 2.45) is 0 Å². The minimum atomic E-state index is -0.682. The molecule has 4 nitrogen and oxygen atoms in total. The standard InChI is InChI=1S/C27H27NO3/c1-21(29)31-27(24-15-9-4-10-16-24)17-19-28(20-18-27)26(30)25(22-11-5-2-6-12-22)23-13-7-3-8-14-23/h2-16,25H,17-20H2,1H3. The number of piperidine rings is 1. The summed E-state index contributed by atoms with van der Waals surface area (Å²) in [7, 11) is 0. The van der Waals surface area contributed by atoms with Crippen LogP contribution in [0.25, 0.3) is 0 Å². The topological polar surface area (TPSA) is 46.6 Å². The number of hydrogen-bond donors (Lipinski definition) is 0. The Morgan fingerprint density at radius 1 is 0.774 bits per heavy atom. The van der Waals surface area contributed by atoms with Crippen LogP contribution in [-0.2, 0) is 19.9 Å². The number of carbonyl (C=O) groups is 2. The van der Waals surface area contributed by atoms with Crippen LogP contribution in [0.5, 0.6) is 0 Å². The second kappa shape index (κ2) is 9.17. The molecular weight excluding hydrogens is 386 g/mol. The van der Waals surface area contributed by atoms with Gasteiger partial charge in [-0.15, -0.1) is 0 Å². The van der Waals surface area contributed by atoms with Crippen LogP contribution in [0.2, 0.25) is 0 Å². The van der Waals surface area contributed by atoms with E-state index in [1.165, 1.54) is 6.92 Å². The molecule has 4 rings (SSSR count). The summed E-state index contributed by atoms with van der Waals surface area (Å²) in [5.74, 6) is -0.558. The largest absolute Gasteiger partial charge is 0.454 e. The molecule has 0 aliphatic carbocycles. The number of likely N-dealkylation sites (tertiary alicyclic amines) is 1. The number of hydrogen-bond acceptors (Lipinski definition) is 3.